The van der Waals surface area contributed by atoms with Crippen molar-refractivity contribution in [3.63, 3.8) is 0 Å². The van der Waals surface area contributed by atoms with Gasteiger partial charge in [-0.2, -0.15) is 4.98 Å². The number of nitrogens with two attached hydrogens (primary N) is 1. The van der Waals surface area contributed by atoms with Gasteiger partial charge in [-0.25, -0.2) is 0 Å². The van der Waals surface area contributed by atoms with E-state index in [1.54, 1.807) is 6.20 Å². The molecule has 1 fully saturated rings. The van der Waals surface area contributed by atoms with E-state index < -0.39 is 0 Å². The summed E-state index contributed by atoms with van der Waals surface area (Å²) in [5, 5.41) is 4.00. The minimum absolute atomic E-state index is 0.369. The minimum Gasteiger partial charge on any atom is -0.337 e. The summed E-state index contributed by atoms with van der Waals surface area (Å²) in [6.45, 7) is 0.666. The van der Waals surface area contributed by atoms with Gasteiger partial charge in [-0.1, -0.05) is 11.2 Å². The zero-order valence-electron chi connectivity index (χ0n) is 12.3. The van der Waals surface area contributed by atoms with E-state index in [4.69, 9.17) is 10.3 Å². The molecule has 0 radical (unpaired) electrons. The van der Waals surface area contributed by atoms with Gasteiger partial charge in [0, 0.05) is 18.3 Å². The Hall–Kier alpha value is -1.79. The third-order valence-corrected chi connectivity index (χ3v) is 4.11. The van der Waals surface area contributed by atoms with Crippen molar-refractivity contribution in [1.29, 1.82) is 0 Å². The first-order chi connectivity index (χ1) is 10.2. The lowest BCUT2D eigenvalue weighted by molar-refractivity contribution is 0.158. The Bertz CT molecular complexity index is 562. The standard InChI is InChI=1S/C15H21N5O/c1-20(12-7-5-11(16)6-8-12)10-14-18-15(19-21-14)13-4-2-3-9-17-13/h2-4,9,11-12H,5-8,10,16H2,1H3. The Balaban J connectivity index is 1.62. The van der Waals surface area contributed by atoms with Crippen LogP contribution in [0.3, 0.4) is 0 Å². The molecule has 2 heterocycles. The van der Waals surface area contributed by atoms with Crippen molar-refractivity contribution >= 4 is 0 Å². The van der Waals surface area contributed by atoms with E-state index in [2.05, 4.69) is 27.1 Å². The summed E-state index contributed by atoms with van der Waals surface area (Å²) in [6.07, 6.45) is 6.19. The van der Waals surface area contributed by atoms with E-state index in [0.29, 0.717) is 30.3 Å². The summed E-state index contributed by atoms with van der Waals surface area (Å²) in [5.74, 6) is 1.18. The van der Waals surface area contributed by atoms with Crippen molar-refractivity contribution in [2.45, 2.75) is 44.3 Å². The fourth-order valence-electron chi connectivity index (χ4n) is 2.80. The van der Waals surface area contributed by atoms with Crippen molar-refractivity contribution in [2.75, 3.05) is 7.05 Å². The van der Waals surface area contributed by atoms with Crippen LogP contribution in [0, 0.1) is 0 Å². The van der Waals surface area contributed by atoms with Crippen LogP contribution < -0.4 is 5.73 Å². The molecule has 3 rings (SSSR count). The summed E-state index contributed by atoms with van der Waals surface area (Å²) in [4.78, 5) is 10.9. The highest BCUT2D eigenvalue weighted by Crippen LogP contribution is 2.22. The van der Waals surface area contributed by atoms with E-state index in [1.807, 2.05) is 18.2 Å². The molecule has 0 atom stereocenters. The largest absolute Gasteiger partial charge is 0.337 e. The van der Waals surface area contributed by atoms with Gasteiger partial charge in [0.1, 0.15) is 5.69 Å². The molecule has 1 saturated carbocycles. The summed E-state index contributed by atoms with van der Waals surface area (Å²) in [7, 11) is 2.10. The SMILES string of the molecule is CN(Cc1nc(-c2ccccn2)no1)C1CCC(N)CC1. The zero-order chi connectivity index (χ0) is 14.7. The third kappa shape index (κ3) is 3.46. The van der Waals surface area contributed by atoms with Crippen molar-refractivity contribution in [3.8, 4) is 11.5 Å². The highest BCUT2D eigenvalue weighted by molar-refractivity contribution is 5.46. The fourth-order valence-corrected chi connectivity index (χ4v) is 2.80. The van der Waals surface area contributed by atoms with Crippen LogP contribution >= 0.6 is 0 Å². The van der Waals surface area contributed by atoms with E-state index in [0.717, 1.165) is 31.4 Å². The van der Waals surface area contributed by atoms with Gasteiger partial charge in [0.15, 0.2) is 0 Å². The molecule has 2 N–H and O–H groups in total. The average molecular weight is 287 g/mol. The van der Waals surface area contributed by atoms with Gasteiger partial charge >= 0.3 is 0 Å². The van der Waals surface area contributed by atoms with Crippen LogP contribution in [0.25, 0.3) is 11.5 Å². The smallest absolute Gasteiger partial charge is 0.241 e. The number of hydrogen-bond donors (Lipinski definition) is 1. The quantitative estimate of drug-likeness (QED) is 0.924. The van der Waals surface area contributed by atoms with Gasteiger partial charge in [-0.05, 0) is 44.9 Å². The molecule has 0 amide bonds. The molecule has 0 aliphatic heterocycles. The molecule has 0 aromatic carbocycles. The van der Waals surface area contributed by atoms with Crippen molar-refractivity contribution in [1.82, 2.24) is 20.0 Å². The molecule has 112 valence electrons. The summed E-state index contributed by atoms with van der Waals surface area (Å²) in [5.41, 5.74) is 6.69. The number of nitrogens with zero attached hydrogens (tertiary/aromatic N) is 4. The first-order valence-electron chi connectivity index (χ1n) is 7.42. The first kappa shape index (κ1) is 14.2. The number of pyridine rings is 1. The minimum atomic E-state index is 0.369. The molecule has 6 nitrogen and oxygen atoms in total. The number of hydrogen-bond acceptors (Lipinski definition) is 6. The van der Waals surface area contributed by atoms with Crippen LogP contribution in [0.2, 0.25) is 0 Å². The second-order valence-corrected chi connectivity index (χ2v) is 5.71. The molecule has 0 unspecified atom stereocenters. The molecular weight excluding hydrogens is 266 g/mol. The molecule has 0 saturated heterocycles. The van der Waals surface area contributed by atoms with E-state index in [1.165, 1.54) is 0 Å². The molecule has 2 aromatic rings. The topological polar surface area (TPSA) is 81.1 Å². The number of rotatable bonds is 4. The van der Waals surface area contributed by atoms with Crippen LogP contribution in [0.4, 0.5) is 0 Å². The predicted molar refractivity (Wildman–Crippen MR) is 79.2 cm³/mol. The second-order valence-electron chi connectivity index (χ2n) is 5.71. The Kier molecular flexibility index (Phi) is 4.26. The van der Waals surface area contributed by atoms with E-state index in [9.17, 15) is 0 Å². The monoisotopic (exact) mass is 287 g/mol. The molecule has 21 heavy (non-hydrogen) atoms. The second kappa shape index (κ2) is 6.32. The maximum Gasteiger partial charge on any atom is 0.241 e. The highest BCUT2D eigenvalue weighted by Gasteiger charge is 2.23. The Morgan fingerprint density at radius 3 is 2.81 bits per heavy atom. The number of aromatic nitrogens is 3. The lowest BCUT2D eigenvalue weighted by Crippen LogP contribution is -2.38. The molecule has 6 heteroatoms. The summed E-state index contributed by atoms with van der Waals surface area (Å²) in [6, 6.07) is 6.58. The van der Waals surface area contributed by atoms with Gasteiger partial charge in [0.05, 0.1) is 6.54 Å². The maximum atomic E-state index is 5.95. The fraction of sp³-hybridized carbons (Fsp3) is 0.533. The third-order valence-electron chi connectivity index (χ3n) is 4.11. The Morgan fingerprint density at radius 1 is 1.29 bits per heavy atom. The average Bonchev–Trinajstić information content (AvgIpc) is 2.97. The van der Waals surface area contributed by atoms with Gasteiger partial charge < -0.3 is 10.3 Å². The van der Waals surface area contributed by atoms with Crippen LogP contribution in [-0.4, -0.2) is 39.2 Å². The molecule has 2 aromatic heterocycles. The molecular formula is C15H21N5O. The van der Waals surface area contributed by atoms with Gasteiger partial charge in [-0.15, -0.1) is 0 Å². The molecule has 0 bridgehead atoms. The van der Waals surface area contributed by atoms with E-state index >= 15 is 0 Å². The van der Waals surface area contributed by atoms with Crippen molar-refractivity contribution in [2.24, 2.45) is 5.73 Å². The maximum absolute atomic E-state index is 5.95. The van der Waals surface area contributed by atoms with Gasteiger partial charge in [-0.3, -0.25) is 9.88 Å². The summed E-state index contributed by atoms with van der Waals surface area (Å²) < 4.78 is 5.33. The lowest BCUT2D eigenvalue weighted by atomic mass is 9.91. The van der Waals surface area contributed by atoms with Crippen LogP contribution in [0.1, 0.15) is 31.6 Å². The van der Waals surface area contributed by atoms with Crippen molar-refractivity contribution in [3.05, 3.63) is 30.3 Å². The van der Waals surface area contributed by atoms with Crippen LogP contribution in [0.15, 0.2) is 28.9 Å². The van der Waals surface area contributed by atoms with Crippen LogP contribution in [-0.2, 0) is 6.54 Å². The predicted octanol–water partition coefficient (Wildman–Crippen LogP) is 1.83. The lowest BCUT2D eigenvalue weighted by Gasteiger charge is -2.32. The van der Waals surface area contributed by atoms with Crippen LogP contribution in [0.5, 0.6) is 0 Å². The van der Waals surface area contributed by atoms with Gasteiger partial charge in [0.25, 0.3) is 0 Å². The Morgan fingerprint density at radius 2 is 2.10 bits per heavy atom. The Labute approximate surface area is 124 Å². The molecule has 1 aliphatic carbocycles. The normalized spacial score (nSPS) is 22.6. The highest BCUT2D eigenvalue weighted by atomic mass is 16.5. The van der Waals surface area contributed by atoms with E-state index in [-0.39, 0.29) is 0 Å². The summed E-state index contributed by atoms with van der Waals surface area (Å²) >= 11 is 0. The molecule has 1 aliphatic rings. The zero-order valence-corrected chi connectivity index (χ0v) is 12.3. The first-order valence-corrected chi connectivity index (χ1v) is 7.42. The van der Waals surface area contributed by atoms with Crippen molar-refractivity contribution < 1.29 is 4.52 Å². The molecule has 0 spiro atoms. The van der Waals surface area contributed by atoms with Gasteiger partial charge in [0.2, 0.25) is 11.7 Å².